The Hall–Kier alpha value is -2.09. The van der Waals surface area contributed by atoms with Crippen LogP contribution in [0.1, 0.15) is 12.5 Å². The largest absolute Gasteiger partial charge is 0.324 e. The molecule has 0 radical (unpaired) electrons. The highest BCUT2D eigenvalue weighted by molar-refractivity contribution is 8.00. The van der Waals surface area contributed by atoms with Crippen molar-refractivity contribution < 1.29 is 4.79 Å². The van der Waals surface area contributed by atoms with Crippen LogP contribution < -0.4 is 5.32 Å². The van der Waals surface area contributed by atoms with E-state index in [2.05, 4.69) is 20.8 Å². The van der Waals surface area contributed by atoms with Gasteiger partial charge in [-0.2, -0.15) is 4.68 Å². The summed E-state index contributed by atoms with van der Waals surface area (Å²) < 4.78 is 1.62. The molecule has 1 unspecified atom stereocenters. The average Bonchev–Trinajstić information content (AvgIpc) is 3.07. The Morgan fingerprint density at radius 2 is 1.96 bits per heavy atom. The van der Waals surface area contributed by atoms with Crippen molar-refractivity contribution in [3.8, 4) is 5.69 Å². The van der Waals surface area contributed by atoms with E-state index >= 15 is 0 Å². The van der Waals surface area contributed by atoms with Crippen molar-refractivity contribution in [2.75, 3.05) is 5.32 Å². The van der Waals surface area contributed by atoms with Gasteiger partial charge in [0.15, 0.2) is 0 Å². The molecule has 1 heterocycles. The van der Waals surface area contributed by atoms with Gasteiger partial charge in [-0.3, -0.25) is 4.79 Å². The lowest BCUT2D eigenvalue weighted by Crippen LogP contribution is -2.23. The Morgan fingerprint density at radius 3 is 2.73 bits per heavy atom. The third kappa shape index (κ3) is 4.00. The molecule has 0 saturated heterocycles. The SMILES string of the molecule is Cc1ccccc1-n1nnnc1SC(C)C(=O)Nc1cccc(Cl)c1Cl. The molecule has 0 spiro atoms. The van der Waals surface area contributed by atoms with Crippen molar-refractivity contribution in [1.82, 2.24) is 20.2 Å². The Bertz CT molecular complexity index is 946. The minimum atomic E-state index is -0.446. The molecular formula is C17H15Cl2N5OS. The van der Waals surface area contributed by atoms with Gasteiger partial charge in [-0.25, -0.2) is 0 Å². The van der Waals surface area contributed by atoms with Gasteiger partial charge in [-0.05, 0) is 48.0 Å². The van der Waals surface area contributed by atoms with E-state index in [1.54, 1.807) is 29.8 Å². The zero-order chi connectivity index (χ0) is 18.7. The highest BCUT2D eigenvalue weighted by Crippen LogP contribution is 2.31. The molecule has 134 valence electrons. The van der Waals surface area contributed by atoms with Crippen LogP contribution in [0.3, 0.4) is 0 Å². The van der Waals surface area contributed by atoms with Crippen molar-refractivity contribution in [2.45, 2.75) is 24.3 Å². The third-order valence-corrected chi connectivity index (χ3v) is 5.50. The molecule has 0 saturated carbocycles. The molecule has 2 aromatic carbocycles. The minimum absolute atomic E-state index is 0.224. The monoisotopic (exact) mass is 407 g/mol. The number of halogens is 2. The second-order valence-corrected chi connectivity index (χ2v) is 7.60. The zero-order valence-corrected chi connectivity index (χ0v) is 16.3. The average molecular weight is 408 g/mol. The van der Waals surface area contributed by atoms with E-state index in [0.717, 1.165) is 11.3 Å². The number of benzene rings is 2. The van der Waals surface area contributed by atoms with Gasteiger partial charge in [0.25, 0.3) is 0 Å². The summed E-state index contributed by atoms with van der Waals surface area (Å²) in [5.41, 5.74) is 2.37. The van der Waals surface area contributed by atoms with Crippen LogP contribution in [0.2, 0.25) is 10.0 Å². The normalized spacial score (nSPS) is 12.0. The topological polar surface area (TPSA) is 72.7 Å². The summed E-state index contributed by atoms with van der Waals surface area (Å²) >= 11 is 13.4. The second-order valence-electron chi connectivity index (χ2n) is 5.51. The number of nitrogens with one attached hydrogen (secondary N) is 1. The molecule has 26 heavy (non-hydrogen) atoms. The van der Waals surface area contributed by atoms with Crippen LogP contribution in [0, 0.1) is 6.92 Å². The first kappa shape index (κ1) is 18.7. The summed E-state index contributed by atoms with van der Waals surface area (Å²) in [5.74, 6) is -0.224. The lowest BCUT2D eigenvalue weighted by Gasteiger charge is -2.13. The number of nitrogens with zero attached hydrogens (tertiary/aromatic N) is 4. The van der Waals surface area contributed by atoms with Crippen LogP contribution in [-0.4, -0.2) is 31.4 Å². The van der Waals surface area contributed by atoms with Crippen LogP contribution in [-0.2, 0) is 4.79 Å². The Balaban J connectivity index is 1.76. The van der Waals surface area contributed by atoms with Gasteiger partial charge in [0.1, 0.15) is 0 Å². The number of aromatic nitrogens is 4. The number of carbonyl (C=O) groups is 1. The summed E-state index contributed by atoms with van der Waals surface area (Å²) in [5, 5.41) is 15.4. The highest BCUT2D eigenvalue weighted by atomic mass is 35.5. The smallest absolute Gasteiger partial charge is 0.237 e. The van der Waals surface area contributed by atoms with Crippen LogP contribution in [0.25, 0.3) is 5.69 Å². The van der Waals surface area contributed by atoms with Crippen molar-refractivity contribution in [2.24, 2.45) is 0 Å². The first-order chi connectivity index (χ1) is 12.5. The molecule has 9 heteroatoms. The predicted octanol–water partition coefficient (Wildman–Crippen LogP) is 4.40. The number of anilines is 1. The number of hydrogen-bond acceptors (Lipinski definition) is 5. The lowest BCUT2D eigenvalue weighted by molar-refractivity contribution is -0.115. The summed E-state index contributed by atoms with van der Waals surface area (Å²) in [6.07, 6.45) is 0. The van der Waals surface area contributed by atoms with Crippen LogP contribution in [0.5, 0.6) is 0 Å². The zero-order valence-electron chi connectivity index (χ0n) is 14.0. The van der Waals surface area contributed by atoms with E-state index in [9.17, 15) is 4.79 Å². The maximum Gasteiger partial charge on any atom is 0.237 e. The van der Waals surface area contributed by atoms with E-state index in [1.807, 2.05) is 31.2 Å². The Labute approximate surface area is 164 Å². The molecule has 1 amide bonds. The number of amides is 1. The van der Waals surface area contributed by atoms with Crippen LogP contribution in [0.15, 0.2) is 47.6 Å². The first-order valence-corrected chi connectivity index (χ1v) is 9.37. The van der Waals surface area contributed by atoms with E-state index in [-0.39, 0.29) is 5.91 Å². The van der Waals surface area contributed by atoms with Crippen molar-refractivity contribution in [3.05, 3.63) is 58.1 Å². The lowest BCUT2D eigenvalue weighted by atomic mass is 10.2. The van der Waals surface area contributed by atoms with Crippen LogP contribution >= 0.6 is 35.0 Å². The summed E-state index contributed by atoms with van der Waals surface area (Å²) in [6.45, 7) is 3.75. The fraction of sp³-hybridized carbons (Fsp3) is 0.176. The highest BCUT2D eigenvalue weighted by Gasteiger charge is 2.20. The molecule has 0 fully saturated rings. The molecule has 6 nitrogen and oxygen atoms in total. The van der Waals surface area contributed by atoms with E-state index in [1.165, 1.54) is 11.8 Å². The summed E-state index contributed by atoms with van der Waals surface area (Å²) in [4.78, 5) is 12.5. The van der Waals surface area contributed by atoms with Crippen LogP contribution in [0.4, 0.5) is 5.69 Å². The van der Waals surface area contributed by atoms with Gasteiger partial charge in [0, 0.05) is 0 Å². The number of aryl methyl sites for hydroxylation is 1. The number of para-hydroxylation sites is 1. The number of carbonyl (C=O) groups excluding carboxylic acids is 1. The Morgan fingerprint density at radius 1 is 1.19 bits per heavy atom. The molecule has 0 aliphatic carbocycles. The summed E-state index contributed by atoms with van der Waals surface area (Å²) in [6, 6.07) is 12.8. The van der Waals surface area contributed by atoms with Gasteiger partial charge in [0.2, 0.25) is 11.1 Å². The third-order valence-electron chi connectivity index (χ3n) is 3.65. The Kier molecular flexibility index (Phi) is 5.80. The molecular weight excluding hydrogens is 393 g/mol. The molecule has 1 N–H and O–H groups in total. The maximum atomic E-state index is 12.5. The van der Waals surface area contributed by atoms with E-state index in [4.69, 9.17) is 23.2 Å². The number of rotatable bonds is 5. The quantitative estimate of drug-likeness (QED) is 0.634. The number of hydrogen-bond donors (Lipinski definition) is 1. The van der Waals surface area contributed by atoms with Gasteiger partial charge in [-0.15, -0.1) is 5.10 Å². The molecule has 0 aliphatic rings. The molecule has 0 aliphatic heterocycles. The molecule has 0 bridgehead atoms. The molecule has 3 rings (SSSR count). The second kappa shape index (κ2) is 8.07. The summed E-state index contributed by atoms with van der Waals surface area (Å²) in [7, 11) is 0. The number of tetrazole rings is 1. The minimum Gasteiger partial charge on any atom is -0.324 e. The van der Waals surface area contributed by atoms with Crippen molar-refractivity contribution in [1.29, 1.82) is 0 Å². The van der Waals surface area contributed by atoms with Gasteiger partial charge < -0.3 is 5.32 Å². The van der Waals surface area contributed by atoms with Crippen molar-refractivity contribution >= 4 is 46.6 Å². The maximum absolute atomic E-state index is 12.5. The van der Waals surface area contributed by atoms with Crippen molar-refractivity contribution in [3.63, 3.8) is 0 Å². The fourth-order valence-electron chi connectivity index (χ4n) is 2.25. The van der Waals surface area contributed by atoms with Gasteiger partial charge in [-0.1, -0.05) is 59.2 Å². The molecule has 1 atom stereocenters. The molecule has 3 aromatic rings. The fourth-order valence-corrected chi connectivity index (χ4v) is 3.40. The standard InChI is InChI=1S/C17H15Cl2N5OS/c1-10-6-3-4-9-14(10)24-17(21-22-23-24)26-11(2)16(25)20-13-8-5-7-12(18)15(13)19/h3-9,11H,1-2H3,(H,20,25). The predicted molar refractivity (Wildman–Crippen MR) is 104 cm³/mol. The first-order valence-electron chi connectivity index (χ1n) is 7.73. The van der Waals surface area contributed by atoms with Gasteiger partial charge >= 0.3 is 0 Å². The molecule has 1 aromatic heterocycles. The number of thioether (sulfide) groups is 1. The van der Waals surface area contributed by atoms with E-state index < -0.39 is 5.25 Å². The van der Waals surface area contributed by atoms with Gasteiger partial charge in [0.05, 0.1) is 26.7 Å². The van der Waals surface area contributed by atoms with E-state index in [0.29, 0.717) is 20.9 Å².